The molecule has 0 spiro atoms. The topological polar surface area (TPSA) is 41.5 Å². The Bertz CT molecular complexity index is 374. The number of rotatable bonds is 4. The first-order chi connectivity index (χ1) is 7.83. The van der Waals surface area contributed by atoms with Gasteiger partial charge in [0.15, 0.2) is 0 Å². The molecule has 0 aliphatic rings. The van der Waals surface area contributed by atoms with Crippen molar-refractivity contribution in [2.24, 2.45) is 0 Å². The van der Waals surface area contributed by atoms with Gasteiger partial charge in [0.1, 0.15) is 5.75 Å². The molecule has 1 atom stereocenters. The van der Waals surface area contributed by atoms with E-state index in [1.54, 1.807) is 25.3 Å². The van der Waals surface area contributed by atoms with Crippen molar-refractivity contribution in [3.8, 4) is 5.75 Å². The Morgan fingerprint density at radius 3 is 2.59 bits per heavy atom. The standard InChI is InChI=1S/C13H20ClNO2/c1-13(2,3)15-8-11(16)10-7-9(14)5-6-12(10)17-4/h5-7,11,15-16H,8H2,1-4H3. The average Bonchev–Trinajstić information content (AvgIpc) is 2.25. The van der Waals surface area contributed by atoms with E-state index in [2.05, 4.69) is 26.1 Å². The minimum atomic E-state index is -0.636. The number of aliphatic hydroxyl groups is 1. The summed E-state index contributed by atoms with van der Waals surface area (Å²) in [5.41, 5.74) is 0.670. The van der Waals surface area contributed by atoms with Crippen molar-refractivity contribution in [3.63, 3.8) is 0 Å². The van der Waals surface area contributed by atoms with E-state index >= 15 is 0 Å². The van der Waals surface area contributed by atoms with Crippen LogP contribution in [0.25, 0.3) is 0 Å². The quantitative estimate of drug-likeness (QED) is 0.872. The van der Waals surface area contributed by atoms with Crippen LogP contribution in [0, 0.1) is 0 Å². The van der Waals surface area contributed by atoms with Gasteiger partial charge in [0.2, 0.25) is 0 Å². The van der Waals surface area contributed by atoms with E-state index in [1.807, 2.05) is 0 Å². The largest absolute Gasteiger partial charge is 0.496 e. The molecule has 0 fully saturated rings. The van der Waals surface area contributed by atoms with Crippen molar-refractivity contribution in [2.75, 3.05) is 13.7 Å². The van der Waals surface area contributed by atoms with Gasteiger partial charge in [-0.1, -0.05) is 11.6 Å². The molecular weight excluding hydrogens is 238 g/mol. The van der Waals surface area contributed by atoms with Gasteiger partial charge in [-0.05, 0) is 39.0 Å². The van der Waals surface area contributed by atoms with E-state index in [9.17, 15) is 5.11 Å². The molecule has 0 amide bonds. The summed E-state index contributed by atoms with van der Waals surface area (Å²) in [4.78, 5) is 0. The van der Waals surface area contributed by atoms with Crippen LogP contribution in [0.1, 0.15) is 32.4 Å². The van der Waals surface area contributed by atoms with Crippen molar-refractivity contribution in [1.82, 2.24) is 5.32 Å². The molecule has 96 valence electrons. The molecule has 4 heteroatoms. The van der Waals surface area contributed by atoms with Gasteiger partial charge in [-0.15, -0.1) is 0 Å². The molecule has 1 rings (SSSR count). The molecule has 0 saturated heterocycles. The lowest BCUT2D eigenvalue weighted by molar-refractivity contribution is 0.159. The average molecular weight is 258 g/mol. The SMILES string of the molecule is COc1ccc(Cl)cc1C(O)CNC(C)(C)C. The van der Waals surface area contributed by atoms with Crippen molar-refractivity contribution < 1.29 is 9.84 Å². The molecule has 0 heterocycles. The summed E-state index contributed by atoms with van der Waals surface area (Å²) in [5.74, 6) is 0.651. The number of benzene rings is 1. The molecule has 0 aliphatic carbocycles. The normalized spacial score (nSPS) is 13.5. The molecule has 0 bridgehead atoms. The van der Waals surface area contributed by atoms with Gasteiger partial charge in [0, 0.05) is 22.7 Å². The Labute approximate surface area is 108 Å². The maximum atomic E-state index is 10.1. The summed E-state index contributed by atoms with van der Waals surface area (Å²) in [6.07, 6.45) is -0.636. The van der Waals surface area contributed by atoms with Crippen LogP contribution in [0.15, 0.2) is 18.2 Å². The van der Waals surface area contributed by atoms with Crippen molar-refractivity contribution in [1.29, 1.82) is 0 Å². The van der Waals surface area contributed by atoms with Gasteiger partial charge in [0.05, 0.1) is 13.2 Å². The van der Waals surface area contributed by atoms with Crippen molar-refractivity contribution in [3.05, 3.63) is 28.8 Å². The summed E-state index contributed by atoms with van der Waals surface area (Å²) >= 11 is 5.92. The molecule has 1 unspecified atom stereocenters. The Kier molecular flexibility index (Phi) is 4.80. The first-order valence-electron chi connectivity index (χ1n) is 5.60. The van der Waals surface area contributed by atoms with Crippen LogP contribution in [0.2, 0.25) is 5.02 Å². The fourth-order valence-electron chi connectivity index (χ4n) is 1.48. The zero-order valence-corrected chi connectivity index (χ0v) is 11.5. The van der Waals surface area contributed by atoms with Gasteiger partial charge >= 0.3 is 0 Å². The van der Waals surface area contributed by atoms with Gasteiger partial charge in [-0.2, -0.15) is 0 Å². The van der Waals surface area contributed by atoms with E-state index in [0.29, 0.717) is 22.9 Å². The summed E-state index contributed by atoms with van der Waals surface area (Å²) in [7, 11) is 1.58. The number of hydrogen-bond acceptors (Lipinski definition) is 3. The van der Waals surface area contributed by atoms with Crippen LogP contribution in [-0.4, -0.2) is 24.3 Å². The van der Waals surface area contributed by atoms with Crippen molar-refractivity contribution in [2.45, 2.75) is 32.4 Å². The number of halogens is 1. The smallest absolute Gasteiger partial charge is 0.124 e. The van der Waals surface area contributed by atoms with Crippen LogP contribution in [-0.2, 0) is 0 Å². The third-order valence-electron chi connectivity index (χ3n) is 2.38. The van der Waals surface area contributed by atoms with E-state index in [-0.39, 0.29) is 5.54 Å². The number of aliphatic hydroxyl groups excluding tert-OH is 1. The van der Waals surface area contributed by atoms with Gasteiger partial charge in [-0.25, -0.2) is 0 Å². The van der Waals surface area contributed by atoms with Crippen molar-refractivity contribution >= 4 is 11.6 Å². The molecule has 2 N–H and O–H groups in total. The molecule has 0 radical (unpaired) electrons. The molecular formula is C13H20ClNO2. The lowest BCUT2D eigenvalue weighted by Crippen LogP contribution is -2.38. The highest BCUT2D eigenvalue weighted by atomic mass is 35.5. The highest BCUT2D eigenvalue weighted by Gasteiger charge is 2.17. The Morgan fingerprint density at radius 2 is 2.06 bits per heavy atom. The maximum Gasteiger partial charge on any atom is 0.124 e. The predicted molar refractivity (Wildman–Crippen MR) is 70.7 cm³/mol. The van der Waals surface area contributed by atoms with E-state index in [1.165, 1.54) is 0 Å². The Hall–Kier alpha value is -0.770. The lowest BCUT2D eigenvalue weighted by Gasteiger charge is -2.23. The number of methoxy groups -OCH3 is 1. The summed E-state index contributed by atoms with van der Waals surface area (Å²) in [6, 6.07) is 5.24. The summed E-state index contributed by atoms with van der Waals surface area (Å²) in [6.45, 7) is 6.61. The number of ether oxygens (including phenoxy) is 1. The molecule has 1 aromatic rings. The number of hydrogen-bond donors (Lipinski definition) is 2. The van der Waals surface area contributed by atoms with E-state index in [0.717, 1.165) is 0 Å². The highest BCUT2D eigenvalue weighted by molar-refractivity contribution is 6.30. The van der Waals surface area contributed by atoms with Crippen LogP contribution >= 0.6 is 11.6 Å². The third kappa shape index (κ3) is 4.54. The first kappa shape index (κ1) is 14.3. The second kappa shape index (κ2) is 5.71. The van der Waals surface area contributed by atoms with Gasteiger partial charge in [-0.3, -0.25) is 0 Å². The molecule has 0 aliphatic heterocycles. The lowest BCUT2D eigenvalue weighted by atomic mass is 10.1. The summed E-state index contributed by atoms with van der Waals surface area (Å²) in [5, 5.41) is 14.0. The third-order valence-corrected chi connectivity index (χ3v) is 2.61. The number of nitrogens with one attached hydrogen (secondary N) is 1. The van der Waals surface area contributed by atoms with Gasteiger partial charge in [0.25, 0.3) is 0 Å². The predicted octanol–water partition coefficient (Wildman–Crippen LogP) is 2.77. The minimum absolute atomic E-state index is 0.0349. The molecule has 0 aromatic heterocycles. The zero-order valence-electron chi connectivity index (χ0n) is 10.7. The van der Waals surface area contributed by atoms with Gasteiger partial charge < -0.3 is 15.2 Å². The van der Waals surface area contributed by atoms with E-state index in [4.69, 9.17) is 16.3 Å². The fourth-order valence-corrected chi connectivity index (χ4v) is 1.66. The van der Waals surface area contributed by atoms with Crippen LogP contribution in [0.3, 0.4) is 0 Å². The summed E-state index contributed by atoms with van der Waals surface area (Å²) < 4.78 is 5.21. The maximum absolute atomic E-state index is 10.1. The zero-order chi connectivity index (χ0) is 13.1. The fraction of sp³-hybridized carbons (Fsp3) is 0.538. The van der Waals surface area contributed by atoms with Crippen LogP contribution < -0.4 is 10.1 Å². The van der Waals surface area contributed by atoms with Crippen LogP contribution in [0.5, 0.6) is 5.75 Å². The minimum Gasteiger partial charge on any atom is -0.496 e. The number of β-amino-alcohol motifs (C(OH)–C–C–N with tert-alkyl or cyclic N) is 1. The van der Waals surface area contributed by atoms with Crippen LogP contribution in [0.4, 0.5) is 0 Å². The first-order valence-corrected chi connectivity index (χ1v) is 5.98. The molecule has 17 heavy (non-hydrogen) atoms. The second-order valence-electron chi connectivity index (χ2n) is 5.03. The Balaban J connectivity index is 2.80. The van der Waals surface area contributed by atoms with E-state index < -0.39 is 6.10 Å². The monoisotopic (exact) mass is 257 g/mol. The molecule has 0 saturated carbocycles. The highest BCUT2D eigenvalue weighted by Crippen LogP contribution is 2.28. The Morgan fingerprint density at radius 1 is 1.41 bits per heavy atom. The second-order valence-corrected chi connectivity index (χ2v) is 5.47. The molecule has 3 nitrogen and oxygen atoms in total. The molecule has 1 aromatic carbocycles.